The van der Waals surface area contributed by atoms with Crippen LogP contribution in [0, 0.1) is 0 Å². The predicted molar refractivity (Wildman–Crippen MR) is 110 cm³/mol. The van der Waals surface area contributed by atoms with E-state index in [-0.39, 0.29) is 0 Å². The topological polar surface area (TPSA) is 42.2 Å². The second kappa shape index (κ2) is 7.34. The van der Waals surface area contributed by atoms with Gasteiger partial charge in [0.15, 0.2) is 0 Å². The Labute approximate surface area is 157 Å². The molecule has 0 spiro atoms. The van der Waals surface area contributed by atoms with Gasteiger partial charge in [0.1, 0.15) is 0 Å². The van der Waals surface area contributed by atoms with Crippen LogP contribution in [0.15, 0.2) is 91.1 Å². The normalized spacial score (nSPS) is 11.3. The first-order valence-corrected chi connectivity index (χ1v) is 8.84. The zero-order valence-corrected chi connectivity index (χ0v) is 14.7. The highest BCUT2D eigenvalue weighted by Gasteiger charge is 2.07. The molecule has 0 saturated carbocycles. The second-order valence-electron chi connectivity index (χ2n) is 6.46. The number of benzene rings is 3. The maximum Gasteiger partial charge on any atom is 0.328 e. The van der Waals surface area contributed by atoms with E-state index in [0.717, 1.165) is 23.0 Å². The average molecular weight is 353 g/mol. The number of fused-ring (bicyclic) bond motifs is 1. The summed E-state index contributed by atoms with van der Waals surface area (Å²) in [6.07, 6.45) is 4.84. The number of aromatic nitrogens is 1. The van der Waals surface area contributed by atoms with Crippen molar-refractivity contribution in [3.05, 3.63) is 102 Å². The van der Waals surface area contributed by atoms with Crippen LogP contribution in [-0.4, -0.2) is 15.6 Å². The molecule has 27 heavy (non-hydrogen) atoms. The molecule has 0 aliphatic heterocycles. The van der Waals surface area contributed by atoms with Crippen LogP contribution in [0.5, 0.6) is 0 Å². The molecule has 0 bridgehead atoms. The highest BCUT2D eigenvalue weighted by Crippen LogP contribution is 2.25. The van der Waals surface area contributed by atoms with Crippen LogP contribution in [0.3, 0.4) is 0 Å². The highest BCUT2D eigenvalue weighted by atomic mass is 16.4. The number of nitrogens with zero attached hydrogens (tertiary/aromatic N) is 1. The molecule has 4 aromatic rings. The number of carbonyl (C=O) groups is 1. The molecule has 0 fully saturated rings. The number of rotatable bonds is 5. The molecule has 0 saturated heterocycles. The van der Waals surface area contributed by atoms with Crippen molar-refractivity contribution in [2.24, 2.45) is 0 Å². The molecule has 1 heterocycles. The Kier molecular flexibility index (Phi) is 4.58. The van der Waals surface area contributed by atoms with Crippen molar-refractivity contribution in [3.8, 4) is 11.1 Å². The molecular weight excluding hydrogens is 334 g/mol. The summed E-state index contributed by atoms with van der Waals surface area (Å²) in [5, 5.41) is 9.97. The zero-order chi connectivity index (χ0) is 18.6. The van der Waals surface area contributed by atoms with Crippen molar-refractivity contribution in [2.45, 2.75) is 6.54 Å². The van der Waals surface area contributed by atoms with E-state index in [9.17, 15) is 4.79 Å². The Morgan fingerprint density at radius 1 is 0.852 bits per heavy atom. The Bertz CT molecular complexity index is 1110. The molecule has 0 amide bonds. The molecular formula is C24H19NO2. The van der Waals surface area contributed by atoms with E-state index >= 15 is 0 Å². The minimum absolute atomic E-state index is 0.733. The summed E-state index contributed by atoms with van der Waals surface area (Å²) in [5.74, 6) is -0.941. The average Bonchev–Trinajstić information content (AvgIpc) is 3.05. The van der Waals surface area contributed by atoms with E-state index in [1.54, 1.807) is 6.08 Å². The zero-order valence-electron chi connectivity index (χ0n) is 14.7. The van der Waals surface area contributed by atoms with Gasteiger partial charge >= 0.3 is 5.97 Å². The number of carboxylic acid groups (broad SMARTS) is 1. The summed E-state index contributed by atoms with van der Waals surface area (Å²) in [6, 6.07) is 26.9. The Morgan fingerprint density at radius 2 is 1.52 bits per heavy atom. The molecule has 0 aliphatic carbocycles. The van der Waals surface area contributed by atoms with Crippen LogP contribution in [0.4, 0.5) is 0 Å². The lowest BCUT2D eigenvalue weighted by atomic mass is 10.0. The molecule has 0 aliphatic rings. The Balaban J connectivity index is 1.64. The summed E-state index contributed by atoms with van der Waals surface area (Å²) in [5.41, 5.74) is 5.60. The van der Waals surface area contributed by atoms with Crippen molar-refractivity contribution in [1.82, 2.24) is 4.57 Å². The van der Waals surface area contributed by atoms with E-state index in [2.05, 4.69) is 47.0 Å². The summed E-state index contributed by atoms with van der Waals surface area (Å²) < 4.78 is 2.16. The van der Waals surface area contributed by atoms with Gasteiger partial charge in [-0.15, -0.1) is 0 Å². The van der Waals surface area contributed by atoms with Crippen LogP contribution in [0.2, 0.25) is 0 Å². The van der Waals surface area contributed by atoms with E-state index in [0.29, 0.717) is 0 Å². The van der Waals surface area contributed by atoms with Gasteiger partial charge in [-0.2, -0.15) is 0 Å². The number of hydrogen-bond acceptors (Lipinski definition) is 1. The fourth-order valence-electron chi connectivity index (χ4n) is 3.33. The van der Waals surface area contributed by atoms with Crippen molar-refractivity contribution < 1.29 is 9.90 Å². The van der Waals surface area contributed by atoms with Crippen molar-refractivity contribution in [1.29, 1.82) is 0 Å². The third kappa shape index (κ3) is 3.67. The van der Waals surface area contributed by atoms with E-state index in [1.165, 1.54) is 22.8 Å². The summed E-state index contributed by atoms with van der Waals surface area (Å²) in [4.78, 5) is 10.9. The molecule has 3 heteroatoms. The molecule has 132 valence electrons. The molecule has 0 atom stereocenters. The summed E-state index contributed by atoms with van der Waals surface area (Å²) >= 11 is 0. The van der Waals surface area contributed by atoms with Crippen molar-refractivity contribution in [2.75, 3.05) is 0 Å². The third-order valence-corrected chi connectivity index (χ3v) is 4.64. The quantitative estimate of drug-likeness (QED) is 0.485. The molecule has 1 N–H and O–H groups in total. The first kappa shape index (κ1) is 16.9. The summed E-state index contributed by atoms with van der Waals surface area (Å²) in [6.45, 7) is 0.733. The van der Waals surface area contributed by atoms with Crippen molar-refractivity contribution >= 4 is 22.9 Å². The SMILES string of the molecule is O=C(O)C=Cc1cn(Cc2ccc(-c3ccccc3)cc2)c2ccccc12. The Hall–Kier alpha value is -3.59. The fourth-order valence-corrected chi connectivity index (χ4v) is 3.33. The minimum atomic E-state index is -0.941. The first-order chi connectivity index (χ1) is 13.2. The van der Waals surface area contributed by atoms with Crippen LogP contribution in [-0.2, 0) is 11.3 Å². The van der Waals surface area contributed by atoms with Gasteiger partial charge in [-0.05, 0) is 28.8 Å². The molecule has 3 nitrogen and oxygen atoms in total. The van der Waals surface area contributed by atoms with Gasteiger partial charge in [-0.25, -0.2) is 4.79 Å². The standard InChI is InChI=1S/C24H19NO2/c26-24(27)15-14-21-17-25(23-9-5-4-8-22(21)23)16-18-10-12-20(13-11-18)19-6-2-1-3-7-19/h1-15,17H,16H2,(H,26,27). The van der Waals surface area contributed by atoms with Crippen LogP contribution < -0.4 is 0 Å². The van der Waals surface area contributed by atoms with Crippen LogP contribution in [0.25, 0.3) is 28.1 Å². The maximum atomic E-state index is 10.9. The molecule has 0 unspecified atom stereocenters. The number of aliphatic carboxylic acids is 1. The monoisotopic (exact) mass is 353 g/mol. The highest BCUT2D eigenvalue weighted by molar-refractivity contribution is 5.93. The molecule has 0 radical (unpaired) electrons. The largest absolute Gasteiger partial charge is 0.478 e. The fraction of sp³-hybridized carbons (Fsp3) is 0.0417. The number of para-hydroxylation sites is 1. The lowest BCUT2D eigenvalue weighted by Crippen LogP contribution is -1.97. The lowest BCUT2D eigenvalue weighted by molar-refractivity contribution is -0.131. The van der Waals surface area contributed by atoms with Crippen molar-refractivity contribution in [3.63, 3.8) is 0 Å². The van der Waals surface area contributed by atoms with E-state index in [1.807, 2.05) is 42.6 Å². The minimum Gasteiger partial charge on any atom is -0.478 e. The molecule has 3 aromatic carbocycles. The van der Waals surface area contributed by atoms with Gasteiger partial charge in [-0.3, -0.25) is 0 Å². The Morgan fingerprint density at radius 3 is 2.26 bits per heavy atom. The van der Waals surface area contributed by atoms with Gasteiger partial charge in [0.2, 0.25) is 0 Å². The van der Waals surface area contributed by atoms with Gasteiger partial charge in [-0.1, -0.05) is 72.8 Å². The lowest BCUT2D eigenvalue weighted by Gasteiger charge is -2.07. The summed E-state index contributed by atoms with van der Waals surface area (Å²) in [7, 11) is 0. The van der Waals surface area contributed by atoms with E-state index < -0.39 is 5.97 Å². The first-order valence-electron chi connectivity index (χ1n) is 8.84. The molecule has 1 aromatic heterocycles. The maximum absolute atomic E-state index is 10.9. The smallest absolute Gasteiger partial charge is 0.328 e. The second-order valence-corrected chi connectivity index (χ2v) is 6.46. The van der Waals surface area contributed by atoms with E-state index in [4.69, 9.17) is 5.11 Å². The van der Waals surface area contributed by atoms with Crippen LogP contribution in [0.1, 0.15) is 11.1 Å². The predicted octanol–water partition coefficient (Wildman–Crippen LogP) is 5.45. The van der Waals surface area contributed by atoms with Gasteiger partial charge in [0.25, 0.3) is 0 Å². The van der Waals surface area contributed by atoms with Gasteiger partial charge in [0, 0.05) is 35.3 Å². The number of carboxylic acids is 1. The van der Waals surface area contributed by atoms with Crippen LogP contribution >= 0.6 is 0 Å². The number of hydrogen-bond donors (Lipinski definition) is 1. The molecule has 4 rings (SSSR count). The third-order valence-electron chi connectivity index (χ3n) is 4.64. The van der Waals surface area contributed by atoms with Gasteiger partial charge in [0.05, 0.1) is 0 Å². The van der Waals surface area contributed by atoms with Gasteiger partial charge < -0.3 is 9.67 Å².